The Morgan fingerprint density at radius 2 is 2.31 bits per heavy atom. The Kier molecular flexibility index (Phi) is 3.17. The largest absolute Gasteiger partial charge is 0.321 e. The summed E-state index contributed by atoms with van der Waals surface area (Å²) in [5.41, 5.74) is 6.53. The van der Waals surface area contributed by atoms with Gasteiger partial charge >= 0.3 is 0 Å². The van der Waals surface area contributed by atoms with Gasteiger partial charge in [0.05, 0.1) is 11.1 Å². The van der Waals surface area contributed by atoms with E-state index in [1.165, 1.54) is 12.4 Å². The third-order valence-electron chi connectivity index (χ3n) is 2.26. The van der Waals surface area contributed by atoms with Crippen LogP contribution < -0.4 is 5.73 Å². The van der Waals surface area contributed by atoms with E-state index in [2.05, 4.69) is 15.2 Å². The van der Waals surface area contributed by atoms with Gasteiger partial charge < -0.3 is 5.73 Å². The monoisotopic (exact) mass is 240 g/mol. The molecular formula is C10H10ClFN4. The fourth-order valence-electron chi connectivity index (χ4n) is 1.43. The topological polar surface area (TPSA) is 67.6 Å². The second kappa shape index (κ2) is 4.59. The van der Waals surface area contributed by atoms with Gasteiger partial charge in [-0.2, -0.15) is 5.10 Å². The quantitative estimate of drug-likeness (QED) is 0.860. The van der Waals surface area contributed by atoms with Crippen molar-refractivity contribution in [3.8, 4) is 0 Å². The summed E-state index contributed by atoms with van der Waals surface area (Å²) in [6, 6.07) is 4.28. The number of hydrogen-bond donors (Lipinski definition) is 2. The number of benzene rings is 1. The second-order valence-electron chi connectivity index (χ2n) is 3.39. The fraction of sp³-hybridized carbons (Fsp3) is 0.200. The van der Waals surface area contributed by atoms with Crippen molar-refractivity contribution in [1.29, 1.82) is 0 Å². The van der Waals surface area contributed by atoms with E-state index in [0.717, 1.165) is 0 Å². The molecule has 2 rings (SSSR count). The third-order valence-corrected chi connectivity index (χ3v) is 2.68. The number of aromatic amines is 1. The van der Waals surface area contributed by atoms with Crippen molar-refractivity contribution in [2.24, 2.45) is 5.73 Å². The molecule has 1 unspecified atom stereocenters. The highest BCUT2D eigenvalue weighted by Gasteiger charge is 2.13. The van der Waals surface area contributed by atoms with E-state index in [9.17, 15) is 4.39 Å². The van der Waals surface area contributed by atoms with E-state index >= 15 is 0 Å². The molecule has 1 aromatic carbocycles. The van der Waals surface area contributed by atoms with Gasteiger partial charge in [-0.05, 0) is 18.1 Å². The number of H-pyrrole nitrogens is 1. The molecule has 84 valence electrons. The van der Waals surface area contributed by atoms with E-state index in [4.69, 9.17) is 17.3 Å². The predicted molar refractivity (Wildman–Crippen MR) is 58.4 cm³/mol. The van der Waals surface area contributed by atoms with Crippen molar-refractivity contribution in [3.05, 3.63) is 46.8 Å². The predicted octanol–water partition coefficient (Wildman–Crippen LogP) is 1.84. The third kappa shape index (κ3) is 2.20. The average molecular weight is 241 g/mol. The molecule has 1 atom stereocenters. The highest BCUT2D eigenvalue weighted by Crippen LogP contribution is 2.23. The van der Waals surface area contributed by atoms with Crippen molar-refractivity contribution in [3.63, 3.8) is 0 Å². The van der Waals surface area contributed by atoms with E-state index < -0.39 is 5.82 Å². The lowest BCUT2D eigenvalue weighted by atomic mass is 10.1. The number of hydrogen-bond acceptors (Lipinski definition) is 3. The van der Waals surface area contributed by atoms with Gasteiger partial charge in [0.1, 0.15) is 18.0 Å². The molecule has 3 N–H and O–H groups in total. The van der Waals surface area contributed by atoms with Crippen LogP contribution in [0.15, 0.2) is 24.5 Å². The summed E-state index contributed by atoms with van der Waals surface area (Å²) < 4.78 is 13.2. The van der Waals surface area contributed by atoms with Crippen molar-refractivity contribution in [2.75, 3.05) is 0 Å². The van der Waals surface area contributed by atoms with Crippen LogP contribution in [0.4, 0.5) is 4.39 Å². The first kappa shape index (κ1) is 11.0. The normalized spacial score (nSPS) is 12.7. The summed E-state index contributed by atoms with van der Waals surface area (Å²) in [4.78, 5) is 3.94. The first-order valence-corrected chi connectivity index (χ1v) is 5.10. The van der Waals surface area contributed by atoms with Crippen LogP contribution in [0.2, 0.25) is 5.02 Å². The van der Waals surface area contributed by atoms with Gasteiger partial charge in [0.15, 0.2) is 0 Å². The molecule has 4 nitrogen and oxygen atoms in total. The molecule has 0 saturated carbocycles. The molecule has 0 fully saturated rings. The lowest BCUT2D eigenvalue weighted by molar-refractivity contribution is 0.619. The molecule has 0 aliphatic carbocycles. The first-order valence-electron chi connectivity index (χ1n) is 4.72. The number of aromatic nitrogens is 3. The zero-order valence-corrected chi connectivity index (χ0v) is 9.08. The maximum atomic E-state index is 13.2. The number of halogens is 2. The Balaban J connectivity index is 2.18. The fourth-order valence-corrected chi connectivity index (χ4v) is 1.64. The minimum Gasteiger partial charge on any atom is -0.321 e. The summed E-state index contributed by atoms with van der Waals surface area (Å²) >= 11 is 5.82. The summed E-state index contributed by atoms with van der Waals surface area (Å²) in [6.07, 6.45) is 1.79. The van der Waals surface area contributed by atoms with Gasteiger partial charge in [-0.1, -0.05) is 23.7 Å². The van der Waals surface area contributed by atoms with Gasteiger partial charge in [-0.25, -0.2) is 9.37 Å². The van der Waals surface area contributed by atoms with Crippen LogP contribution in [-0.4, -0.2) is 15.2 Å². The van der Waals surface area contributed by atoms with Gasteiger partial charge in [0.2, 0.25) is 0 Å². The van der Waals surface area contributed by atoms with Gasteiger partial charge in [-0.3, -0.25) is 5.10 Å². The van der Waals surface area contributed by atoms with Crippen LogP contribution in [0.3, 0.4) is 0 Å². The molecule has 0 aliphatic rings. The minimum absolute atomic E-state index is 0.109. The van der Waals surface area contributed by atoms with Crippen LogP contribution in [-0.2, 0) is 6.42 Å². The minimum atomic E-state index is -0.441. The molecule has 6 heteroatoms. The second-order valence-corrected chi connectivity index (χ2v) is 3.77. The zero-order valence-electron chi connectivity index (χ0n) is 8.32. The van der Waals surface area contributed by atoms with Crippen molar-refractivity contribution < 1.29 is 4.39 Å². The Morgan fingerprint density at radius 1 is 1.50 bits per heavy atom. The van der Waals surface area contributed by atoms with Crippen LogP contribution >= 0.6 is 11.6 Å². The van der Waals surface area contributed by atoms with Crippen LogP contribution in [0.1, 0.15) is 17.4 Å². The molecule has 0 saturated heterocycles. The molecule has 0 bridgehead atoms. The lowest BCUT2D eigenvalue weighted by Gasteiger charge is -2.09. The van der Waals surface area contributed by atoms with Crippen molar-refractivity contribution >= 4 is 11.6 Å². The molecule has 16 heavy (non-hydrogen) atoms. The summed E-state index contributed by atoms with van der Waals surface area (Å²) in [5, 5.41) is 6.48. The number of nitrogens with zero attached hydrogens (tertiary/aromatic N) is 2. The van der Waals surface area contributed by atoms with E-state index in [1.807, 2.05) is 0 Å². The average Bonchev–Trinajstić information content (AvgIpc) is 2.78. The van der Waals surface area contributed by atoms with E-state index in [1.54, 1.807) is 12.1 Å². The van der Waals surface area contributed by atoms with Crippen LogP contribution in [0.5, 0.6) is 0 Å². The Hall–Kier alpha value is -1.46. The SMILES string of the molecule is NC(Cc1cccc(F)c1Cl)c1ncn[nH]1. The van der Waals surface area contributed by atoms with Crippen LogP contribution in [0, 0.1) is 5.82 Å². The van der Waals surface area contributed by atoms with Gasteiger partial charge in [0.25, 0.3) is 0 Å². The summed E-state index contributed by atoms with van der Waals surface area (Å²) in [7, 11) is 0. The molecule has 0 radical (unpaired) electrons. The summed E-state index contributed by atoms with van der Waals surface area (Å²) in [6.45, 7) is 0. The highest BCUT2D eigenvalue weighted by atomic mass is 35.5. The molecule has 1 heterocycles. The number of rotatable bonds is 3. The Morgan fingerprint density at radius 3 is 3.00 bits per heavy atom. The highest BCUT2D eigenvalue weighted by molar-refractivity contribution is 6.31. The van der Waals surface area contributed by atoms with Crippen molar-refractivity contribution in [1.82, 2.24) is 15.2 Å². The Bertz CT molecular complexity index is 472. The van der Waals surface area contributed by atoms with Gasteiger partial charge in [-0.15, -0.1) is 0 Å². The molecule has 2 aromatic rings. The zero-order chi connectivity index (χ0) is 11.5. The maximum Gasteiger partial charge on any atom is 0.142 e. The lowest BCUT2D eigenvalue weighted by Crippen LogP contribution is -2.15. The Labute approximate surface area is 96.6 Å². The van der Waals surface area contributed by atoms with E-state index in [0.29, 0.717) is 17.8 Å². The molecule has 0 aliphatic heterocycles. The number of nitrogens with one attached hydrogen (secondary N) is 1. The number of nitrogens with two attached hydrogens (primary N) is 1. The van der Waals surface area contributed by atoms with Crippen LogP contribution in [0.25, 0.3) is 0 Å². The smallest absolute Gasteiger partial charge is 0.142 e. The standard InChI is InChI=1S/C10H10ClFN4/c11-9-6(2-1-3-7(9)12)4-8(13)10-14-5-15-16-10/h1-3,5,8H,4,13H2,(H,14,15,16). The van der Waals surface area contributed by atoms with Gasteiger partial charge in [0, 0.05) is 0 Å². The molecule has 0 amide bonds. The summed E-state index contributed by atoms with van der Waals surface area (Å²) in [5.74, 6) is 0.115. The first-order chi connectivity index (χ1) is 7.68. The molecule has 0 spiro atoms. The maximum absolute atomic E-state index is 13.2. The van der Waals surface area contributed by atoms with Crippen molar-refractivity contribution in [2.45, 2.75) is 12.5 Å². The van der Waals surface area contributed by atoms with E-state index in [-0.39, 0.29) is 11.1 Å². The molecular weight excluding hydrogens is 231 g/mol. The molecule has 1 aromatic heterocycles.